The second kappa shape index (κ2) is 8.47. The van der Waals surface area contributed by atoms with Crippen LogP contribution in [0.15, 0.2) is 78.2 Å². The van der Waals surface area contributed by atoms with E-state index in [9.17, 15) is 9.59 Å². The number of benzene rings is 2. The van der Waals surface area contributed by atoms with E-state index in [0.29, 0.717) is 27.7 Å². The number of rotatable bonds is 5. The van der Waals surface area contributed by atoms with Gasteiger partial charge in [-0.1, -0.05) is 54.6 Å². The summed E-state index contributed by atoms with van der Waals surface area (Å²) in [6.07, 6.45) is -1.02. The van der Waals surface area contributed by atoms with Crippen LogP contribution < -0.4 is 0 Å². The van der Waals surface area contributed by atoms with Gasteiger partial charge >= 0.3 is 5.97 Å². The molecule has 0 unspecified atom stereocenters. The molecule has 4 aromatic rings. The first-order chi connectivity index (χ1) is 14.5. The third-order valence-corrected chi connectivity index (χ3v) is 5.59. The zero-order valence-corrected chi connectivity index (χ0v) is 17.4. The van der Waals surface area contributed by atoms with Crippen molar-refractivity contribution in [2.45, 2.75) is 6.10 Å². The Bertz CT molecular complexity index is 1190. The van der Waals surface area contributed by atoms with E-state index < -0.39 is 12.1 Å². The Kier molecular flexibility index (Phi) is 5.59. The zero-order valence-electron chi connectivity index (χ0n) is 16.6. The van der Waals surface area contributed by atoms with Crippen molar-refractivity contribution in [3.8, 4) is 10.6 Å². The van der Waals surface area contributed by atoms with Crippen LogP contribution in [0.3, 0.4) is 0 Å². The smallest absolute Gasteiger partial charge is 0.340 e. The van der Waals surface area contributed by atoms with Gasteiger partial charge in [-0.25, -0.2) is 9.78 Å². The van der Waals surface area contributed by atoms with Crippen LogP contribution in [0.2, 0.25) is 0 Å². The van der Waals surface area contributed by atoms with Gasteiger partial charge in [0.2, 0.25) is 6.10 Å². The summed E-state index contributed by atoms with van der Waals surface area (Å²) in [6.45, 7) is 0. The average molecular weight is 417 g/mol. The van der Waals surface area contributed by atoms with Gasteiger partial charge in [-0.2, -0.15) is 0 Å². The summed E-state index contributed by atoms with van der Waals surface area (Å²) >= 11 is 1.55. The van der Waals surface area contributed by atoms with Crippen molar-refractivity contribution in [2.24, 2.45) is 0 Å². The predicted molar refractivity (Wildman–Crippen MR) is 118 cm³/mol. The zero-order chi connectivity index (χ0) is 21.1. The van der Waals surface area contributed by atoms with E-state index in [1.807, 2.05) is 60.0 Å². The molecule has 30 heavy (non-hydrogen) atoms. The molecule has 6 heteroatoms. The van der Waals surface area contributed by atoms with Gasteiger partial charge < -0.3 is 9.64 Å². The fraction of sp³-hybridized carbons (Fsp3) is 0.125. The molecule has 0 aliphatic rings. The molecule has 0 spiro atoms. The summed E-state index contributed by atoms with van der Waals surface area (Å²) in [4.78, 5) is 33.1. The molecule has 0 N–H and O–H groups in total. The molecular formula is C24H20N2O3S. The first-order valence-corrected chi connectivity index (χ1v) is 10.3. The minimum atomic E-state index is -1.02. The summed E-state index contributed by atoms with van der Waals surface area (Å²) in [6, 6.07) is 22.1. The molecule has 4 rings (SSSR count). The fourth-order valence-corrected chi connectivity index (χ4v) is 3.87. The summed E-state index contributed by atoms with van der Waals surface area (Å²) in [7, 11) is 3.28. The average Bonchev–Trinajstić information content (AvgIpc) is 3.31. The molecule has 2 aromatic carbocycles. The van der Waals surface area contributed by atoms with Crippen molar-refractivity contribution in [3.63, 3.8) is 0 Å². The van der Waals surface area contributed by atoms with E-state index in [1.165, 1.54) is 4.90 Å². The number of ether oxygens (including phenoxy) is 1. The number of likely N-dealkylation sites (N-methyl/N-ethyl adjacent to an activating group) is 1. The number of aromatic nitrogens is 1. The Labute approximate surface area is 178 Å². The van der Waals surface area contributed by atoms with Crippen LogP contribution in [-0.2, 0) is 9.53 Å². The number of amides is 1. The SMILES string of the molecule is CN(C)C(=O)[C@H](OC(=O)c1cc(-c2cccs2)nc2ccccc12)c1ccccc1. The first kappa shape index (κ1) is 19.8. The number of para-hydroxylation sites is 1. The molecule has 0 saturated carbocycles. The van der Waals surface area contributed by atoms with Crippen LogP contribution in [0.4, 0.5) is 0 Å². The largest absolute Gasteiger partial charge is 0.444 e. The van der Waals surface area contributed by atoms with Gasteiger partial charge in [-0.15, -0.1) is 11.3 Å². The van der Waals surface area contributed by atoms with Crippen molar-refractivity contribution in [1.82, 2.24) is 9.88 Å². The van der Waals surface area contributed by atoms with Gasteiger partial charge in [0.25, 0.3) is 5.91 Å². The fourth-order valence-electron chi connectivity index (χ4n) is 3.19. The van der Waals surface area contributed by atoms with Gasteiger partial charge in [0.15, 0.2) is 0 Å². The number of thiophene rings is 1. The molecule has 150 valence electrons. The molecule has 1 atom stereocenters. The molecule has 0 saturated heterocycles. The summed E-state index contributed by atoms with van der Waals surface area (Å²) in [5.41, 5.74) is 2.41. The number of hydrogen-bond donors (Lipinski definition) is 0. The van der Waals surface area contributed by atoms with E-state index in [4.69, 9.17) is 4.74 Å². The molecular weight excluding hydrogens is 396 g/mol. The lowest BCUT2D eigenvalue weighted by molar-refractivity contribution is -0.138. The van der Waals surface area contributed by atoms with Crippen molar-refractivity contribution >= 4 is 34.1 Å². The maximum absolute atomic E-state index is 13.3. The summed E-state index contributed by atoms with van der Waals surface area (Å²) < 4.78 is 5.77. The van der Waals surface area contributed by atoms with E-state index in [0.717, 1.165) is 4.88 Å². The third kappa shape index (κ3) is 3.95. The topological polar surface area (TPSA) is 59.5 Å². The Morgan fingerprint density at radius 1 is 0.967 bits per heavy atom. The summed E-state index contributed by atoms with van der Waals surface area (Å²) in [5.74, 6) is -0.859. The lowest BCUT2D eigenvalue weighted by atomic mass is 10.1. The predicted octanol–water partition coefficient (Wildman–Crippen LogP) is 4.95. The number of nitrogens with zero attached hydrogens (tertiary/aromatic N) is 2. The highest BCUT2D eigenvalue weighted by Gasteiger charge is 2.28. The molecule has 2 heterocycles. The van der Waals surface area contributed by atoms with Crippen molar-refractivity contribution in [2.75, 3.05) is 14.1 Å². The molecule has 0 aliphatic carbocycles. The van der Waals surface area contributed by atoms with E-state index in [1.54, 1.807) is 43.6 Å². The van der Waals surface area contributed by atoms with Gasteiger partial charge in [0.1, 0.15) is 0 Å². The summed E-state index contributed by atoms with van der Waals surface area (Å²) in [5, 5.41) is 2.65. The maximum Gasteiger partial charge on any atom is 0.340 e. The van der Waals surface area contributed by atoms with Crippen molar-refractivity contribution in [3.05, 3.63) is 89.3 Å². The van der Waals surface area contributed by atoms with Crippen molar-refractivity contribution in [1.29, 1.82) is 0 Å². The molecule has 0 radical (unpaired) electrons. The number of fused-ring (bicyclic) bond motifs is 1. The Balaban J connectivity index is 1.77. The van der Waals surface area contributed by atoms with Crippen LogP contribution in [0, 0.1) is 0 Å². The van der Waals surface area contributed by atoms with E-state index >= 15 is 0 Å². The lowest BCUT2D eigenvalue weighted by Crippen LogP contribution is -2.31. The first-order valence-electron chi connectivity index (χ1n) is 9.45. The van der Waals surface area contributed by atoms with E-state index in [-0.39, 0.29) is 5.91 Å². The van der Waals surface area contributed by atoms with Crippen molar-refractivity contribution < 1.29 is 14.3 Å². The van der Waals surface area contributed by atoms with Gasteiger partial charge in [0.05, 0.1) is 21.7 Å². The number of esters is 1. The van der Waals surface area contributed by atoms with Crippen LogP contribution in [0.1, 0.15) is 22.0 Å². The standard InChI is InChI=1S/C24H20N2O3S/c1-26(2)23(27)22(16-9-4-3-5-10-16)29-24(28)18-15-20(21-13-8-14-30-21)25-19-12-7-6-11-17(18)19/h3-15,22H,1-2H3/t22-/m1/s1. The highest BCUT2D eigenvalue weighted by molar-refractivity contribution is 7.13. The van der Waals surface area contributed by atoms with Crippen LogP contribution in [-0.4, -0.2) is 35.9 Å². The molecule has 2 aromatic heterocycles. The minimum Gasteiger partial charge on any atom is -0.444 e. The Hall–Kier alpha value is -3.51. The van der Waals surface area contributed by atoms with Gasteiger partial charge in [-0.3, -0.25) is 4.79 Å². The maximum atomic E-state index is 13.3. The highest BCUT2D eigenvalue weighted by Crippen LogP contribution is 2.29. The number of hydrogen-bond acceptors (Lipinski definition) is 5. The molecule has 1 amide bonds. The second-order valence-corrected chi connectivity index (χ2v) is 7.93. The quantitative estimate of drug-likeness (QED) is 0.432. The number of carbonyl (C=O) groups is 2. The molecule has 0 bridgehead atoms. The Morgan fingerprint density at radius 2 is 1.70 bits per heavy atom. The third-order valence-electron chi connectivity index (χ3n) is 4.70. The minimum absolute atomic E-state index is 0.300. The number of carbonyl (C=O) groups excluding carboxylic acids is 2. The van der Waals surface area contributed by atoms with Gasteiger partial charge in [-0.05, 0) is 23.6 Å². The highest BCUT2D eigenvalue weighted by atomic mass is 32.1. The van der Waals surface area contributed by atoms with Gasteiger partial charge in [0, 0.05) is 25.0 Å². The molecule has 0 aliphatic heterocycles. The van der Waals surface area contributed by atoms with Crippen LogP contribution >= 0.6 is 11.3 Å². The van der Waals surface area contributed by atoms with E-state index in [2.05, 4.69) is 4.98 Å². The van der Waals surface area contributed by atoms with Crippen LogP contribution in [0.25, 0.3) is 21.5 Å². The lowest BCUT2D eigenvalue weighted by Gasteiger charge is -2.21. The number of pyridine rings is 1. The Morgan fingerprint density at radius 3 is 2.40 bits per heavy atom. The van der Waals surface area contributed by atoms with Crippen LogP contribution in [0.5, 0.6) is 0 Å². The monoisotopic (exact) mass is 416 g/mol. The normalized spacial score (nSPS) is 11.8. The molecule has 0 fully saturated rings. The molecule has 5 nitrogen and oxygen atoms in total. The second-order valence-electron chi connectivity index (χ2n) is 6.98.